The molecule has 19 heavy (non-hydrogen) atoms. The Morgan fingerprint density at radius 2 is 1.95 bits per heavy atom. The van der Waals surface area contributed by atoms with Crippen molar-refractivity contribution >= 4 is 5.91 Å². The lowest BCUT2D eigenvalue weighted by molar-refractivity contribution is 0.0920. The molecule has 4 nitrogen and oxygen atoms in total. The maximum atomic E-state index is 12.4. The van der Waals surface area contributed by atoms with Gasteiger partial charge in [0, 0.05) is 12.0 Å². The van der Waals surface area contributed by atoms with Gasteiger partial charge in [-0.3, -0.25) is 4.79 Å². The van der Waals surface area contributed by atoms with Crippen molar-refractivity contribution in [3.05, 3.63) is 17.0 Å². The van der Waals surface area contributed by atoms with E-state index in [9.17, 15) is 4.79 Å². The Hall–Kier alpha value is -1.32. The smallest absolute Gasteiger partial charge is 0.257 e. The number of aromatic nitrogens is 1. The summed E-state index contributed by atoms with van der Waals surface area (Å²) in [5, 5.41) is 7.07. The first-order valence-electron chi connectivity index (χ1n) is 7.26. The van der Waals surface area contributed by atoms with Crippen molar-refractivity contribution in [2.45, 2.75) is 65.3 Å². The van der Waals surface area contributed by atoms with Crippen LogP contribution in [0, 0.1) is 12.8 Å². The first-order valence-corrected chi connectivity index (χ1v) is 7.26. The molecule has 1 saturated carbocycles. The number of amides is 1. The Balaban J connectivity index is 2.06. The first kappa shape index (κ1) is 14.1. The molecule has 1 aromatic heterocycles. The average molecular weight is 264 g/mol. The maximum absolute atomic E-state index is 12.4. The van der Waals surface area contributed by atoms with E-state index >= 15 is 0 Å². The van der Waals surface area contributed by atoms with Crippen LogP contribution < -0.4 is 5.32 Å². The van der Waals surface area contributed by atoms with E-state index < -0.39 is 0 Å². The number of hydrogen-bond acceptors (Lipinski definition) is 3. The number of nitrogens with zero attached hydrogens (tertiary/aromatic N) is 1. The Bertz CT molecular complexity index is 443. The molecule has 0 atom stereocenters. The van der Waals surface area contributed by atoms with Crippen molar-refractivity contribution in [1.82, 2.24) is 10.5 Å². The fraction of sp³-hybridized carbons (Fsp3) is 0.733. The molecule has 1 aliphatic carbocycles. The molecule has 1 N–H and O–H groups in total. The van der Waals surface area contributed by atoms with Crippen molar-refractivity contribution in [1.29, 1.82) is 0 Å². The topological polar surface area (TPSA) is 55.1 Å². The summed E-state index contributed by atoms with van der Waals surface area (Å²) in [7, 11) is 0. The van der Waals surface area contributed by atoms with Gasteiger partial charge in [-0.2, -0.15) is 0 Å². The number of nitrogens with one attached hydrogen (secondary N) is 1. The van der Waals surface area contributed by atoms with E-state index in [0.717, 1.165) is 18.8 Å². The Labute approximate surface area is 114 Å². The minimum atomic E-state index is -0.0259. The van der Waals surface area contributed by atoms with E-state index in [1.54, 1.807) is 0 Å². The molecule has 106 valence electrons. The van der Waals surface area contributed by atoms with Crippen molar-refractivity contribution in [3.63, 3.8) is 0 Å². The van der Waals surface area contributed by atoms with Crippen LogP contribution in [-0.4, -0.2) is 17.1 Å². The van der Waals surface area contributed by atoms with Gasteiger partial charge in [0.1, 0.15) is 5.56 Å². The number of aryl methyl sites for hydroxylation is 1. The summed E-state index contributed by atoms with van der Waals surface area (Å²) in [6.07, 6.45) is 4.55. The third kappa shape index (κ3) is 3.17. The van der Waals surface area contributed by atoms with Gasteiger partial charge in [-0.25, -0.2) is 0 Å². The first-order chi connectivity index (χ1) is 8.99. The molecular weight excluding hydrogens is 240 g/mol. The number of rotatable bonds is 3. The molecule has 0 spiro atoms. The molecule has 1 aliphatic rings. The normalized spacial score (nSPS) is 23.6. The fourth-order valence-corrected chi connectivity index (χ4v) is 2.72. The lowest BCUT2D eigenvalue weighted by Crippen LogP contribution is -2.37. The Morgan fingerprint density at radius 3 is 2.53 bits per heavy atom. The van der Waals surface area contributed by atoms with E-state index in [-0.39, 0.29) is 11.8 Å². The van der Waals surface area contributed by atoms with Gasteiger partial charge in [0.15, 0.2) is 5.76 Å². The molecular formula is C15H24N2O2. The molecule has 1 aromatic rings. The summed E-state index contributed by atoms with van der Waals surface area (Å²) >= 11 is 0. The lowest BCUT2D eigenvalue weighted by atomic mass is 9.87. The van der Waals surface area contributed by atoms with Gasteiger partial charge >= 0.3 is 0 Å². The van der Waals surface area contributed by atoms with Gasteiger partial charge in [-0.15, -0.1) is 0 Å². The summed E-state index contributed by atoms with van der Waals surface area (Å²) in [4.78, 5) is 12.4. The molecule has 0 radical (unpaired) electrons. The molecule has 1 amide bonds. The van der Waals surface area contributed by atoms with Crippen LogP contribution in [0.1, 0.15) is 74.2 Å². The number of carbonyl (C=O) groups excluding carboxylic acids is 1. The second-order valence-electron chi connectivity index (χ2n) is 6.09. The van der Waals surface area contributed by atoms with Crippen LogP contribution in [0.15, 0.2) is 4.52 Å². The summed E-state index contributed by atoms with van der Waals surface area (Å²) in [6.45, 7) is 8.13. The van der Waals surface area contributed by atoms with Crippen LogP contribution in [0.5, 0.6) is 0 Å². The summed E-state index contributed by atoms with van der Waals surface area (Å²) in [6, 6.07) is 0.304. The predicted molar refractivity (Wildman–Crippen MR) is 74.2 cm³/mol. The second-order valence-corrected chi connectivity index (χ2v) is 6.09. The van der Waals surface area contributed by atoms with E-state index in [1.165, 1.54) is 12.8 Å². The zero-order chi connectivity index (χ0) is 14.0. The molecule has 0 aromatic carbocycles. The van der Waals surface area contributed by atoms with Crippen molar-refractivity contribution in [2.24, 2.45) is 5.92 Å². The zero-order valence-corrected chi connectivity index (χ0v) is 12.3. The highest BCUT2D eigenvalue weighted by Gasteiger charge is 2.26. The van der Waals surface area contributed by atoms with Crippen LogP contribution >= 0.6 is 0 Å². The van der Waals surface area contributed by atoms with Gasteiger partial charge in [0.2, 0.25) is 0 Å². The molecule has 4 heteroatoms. The lowest BCUT2D eigenvalue weighted by Gasteiger charge is -2.26. The summed E-state index contributed by atoms with van der Waals surface area (Å²) < 4.78 is 5.27. The largest absolute Gasteiger partial charge is 0.360 e. The van der Waals surface area contributed by atoms with Crippen LogP contribution in [0.3, 0.4) is 0 Å². The second kappa shape index (κ2) is 5.76. The van der Waals surface area contributed by atoms with Gasteiger partial charge in [0.05, 0.1) is 5.69 Å². The Kier molecular flexibility index (Phi) is 4.27. The Morgan fingerprint density at radius 1 is 1.32 bits per heavy atom. The highest BCUT2D eigenvalue weighted by molar-refractivity contribution is 5.96. The van der Waals surface area contributed by atoms with Crippen molar-refractivity contribution in [2.75, 3.05) is 0 Å². The minimum absolute atomic E-state index is 0.0259. The highest BCUT2D eigenvalue weighted by Crippen LogP contribution is 2.25. The highest BCUT2D eigenvalue weighted by atomic mass is 16.5. The molecule has 0 unspecified atom stereocenters. The third-order valence-corrected chi connectivity index (χ3v) is 3.99. The standard InChI is InChI=1S/C15H24N2O2/c1-9(2)14-13(11(4)17-19-14)15(18)16-12-7-5-10(3)6-8-12/h9-10,12H,5-8H2,1-4H3,(H,16,18). The number of hydrogen-bond donors (Lipinski definition) is 1. The van der Waals surface area contributed by atoms with Crippen LogP contribution in [-0.2, 0) is 0 Å². The summed E-state index contributed by atoms with van der Waals surface area (Å²) in [5.74, 6) is 1.63. The SMILES string of the molecule is Cc1noc(C(C)C)c1C(=O)NC1CCC(C)CC1. The molecule has 0 aliphatic heterocycles. The van der Waals surface area contributed by atoms with Crippen LogP contribution in [0.2, 0.25) is 0 Å². The van der Waals surface area contributed by atoms with E-state index in [2.05, 4.69) is 17.4 Å². The van der Waals surface area contributed by atoms with Crippen LogP contribution in [0.4, 0.5) is 0 Å². The van der Waals surface area contributed by atoms with Crippen molar-refractivity contribution < 1.29 is 9.32 Å². The van der Waals surface area contributed by atoms with Gasteiger partial charge in [-0.05, 0) is 38.5 Å². The zero-order valence-electron chi connectivity index (χ0n) is 12.3. The predicted octanol–water partition coefficient (Wildman–Crippen LogP) is 3.41. The molecule has 1 fully saturated rings. The average Bonchev–Trinajstić information content (AvgIpc) is 2.74. The number of carbonyl (C=O) groups is 1. The van der Waals surface area contributed by atoms with Gasteiger partial charge in [-0.1, -0.05) is 25.9 Å². The molecule has 1 heterocycles. The van der Waals surface area contributed by atoms with E-state index in [4.69, 9.17) is 4.52 Å². The molecule has 2 rings (SSSR count). The van der Waals surface area contributed by atoms with Crippen molar-refractivity contribution in [3.8, 4) is 0 Å². The fourth-order valence-electron chi connectivity index (χ4n) is 2.72. The quantitative estimate of drug-likeness (QED) is 0.910. The monoisotopic (exact) mass is 264 g/mol. The van der Waals surface area contributed by atoms with Gasteiger partial charge in [0.25, 0.3) is 5.91 Å². The van der Waals surface area contributed by atoms with E-state index in [0.29, 0.717) is 23.1 Å². The van der Waals surface area contributed by atoms with Gasteiger partial charge < -0.3 is 9.84 Å². The third-order valence-electron chi connectivity index (χ3n) is 3.99. The maximum Gasteiger partial charge on any atom is 0.257 e. The minimum Gasteiger partial charge on any atom is -0.360 e. The van der Waals surface area contributed by atoms with E-state index in [1.807, 2.05) is 20.8 Å². The van der Waals surface area contributed by atoms with Crippen LogP contribution in [0.25, 0.3) is 0 Å². The summed E-state index contributed by atoms with van der Waals surface area (Å²) in [5.41, 5.74) is 1.32. The molecule has 0 saturated heterocycles. The molecule has 0 bridgehead atoms.